The van der Waals surface area contributed by atoms with Crippen LogP contribution >= 0.6 is 11.3 Å². The molecule has 4 heteroatoms. The van der Waals surface area contributed by atoms with Crippen molar-refractivity contribution in [3.05, 3.63) is 151 Å². The number of hydrogen-bond acceptors (Lipinski definition) is 4. The van der Waals surface area contributed by atoms with Gasteiger partial charge in [0.2, 0.25) is 0 Å². The van der Waals surface area contributed by atoms with Crippen molar-refractivity contribution in [1.82, 2.24) is 15.0 Å². The summed E-state index contributed by atoms with van der Waals surface area (Å²) in [5, 5.41) is 7.19. The zero-order valence-electron chi connectivity index (χ0n) is 26.5. The van der Waals surface area contributed by atoms with Gasteiger partial charge in [-0.25, -0.2) is 15.0 Å². The van der Waals surface area contributed by atoms with Crippen molar-refractivity contribution in [2.24, 2.45) is 0 Å². The average molecular weight is 632 g/mol. The van der Waals surface area contributed by atoms with Crippen LogP contribution in [-0.2, 0) is 5.41 Å². The highest BCUT2D eigenvalue weighted by atomic mass is 32.1. The van der Waals surface area contributed by atoms with Crippen molar-refractivity contribution in [2.75, 3.05) is 0 Å². The molecule has 0 aliphatic heterocycles. The molecule has 0 unspecified atom stereocenters. The minimum absolute atomic E-state index is 0.125. The maximum atomic E-state index is 5.26. The monoisotopic (exact) mass is 631 g/mol. The molecule has 3 nitrogen and oxygen atoms in total. The lowest BCUT2D eigenvalue weighted by atomic mass is 9.82. The molecule has 0 amide bonds. The van der Waals surface area contributed by atoms with E-state index >= 15 is 0 Å². The largest absolute Gasteiger partial charge is 0.208 e. The fraction of sp³-hybridized carbons (Fsp3) is 0.0682. The van der Waals surface area contributed by atoms with E-state index in [-0.39, 0.29) is 5.41 Å². The molecule has 0 N–H and O–H groups in total. The number of benzene rings is 7. The Morgan fingerprint density at radius 3 is 1.96 bits per heavy atom. The van der Waals surface area contributed by atoms with Gasteiger partial charge >= 0.3 is 0 Å². The number of hydrogen-bond donors (Lipinski definition) is 0. The lowest BCUT2D eigenvalue weighted by Gasteiger charge is -2.21. The summed E-state index contributed by atoms with van der Waals surface area (Å²) in [7, 11) is 0. The molecule has 0 saturated carbocycles. The lowest BCUT2D eigenvalue weighted by Crippen LogP contribution is -2.15. The first-order chi connectivity index (χ1) is 23.5. The lowest BCUT2D eigenvalue weighted by molar-refractivity contribution is 0.660. The van der Waals surface area contributed by atoms with Crippen LogP contribution in [-0.4, -0.2) is 15.0 Å². The SMILES string of the molecule is CC1(C)c2ccccc2-c2ccc(-c3nc(-c4ccc5sc6ccccc6c5c4)nc(-c4cccc5ccc6ccccc6c45)n3)cc21. The second-order valence-electron chi connectivity index (χ2n) is 13.2. The van der Waals surface area contributed by atoms with Gasteiger partial charge in [0.15, 0.2) is 17.5 Å². The first-order valence-corrected chi connectivity index (χ1v) is 17.2. The molecule has 7 aromatic carbocycles. The van der Waals surface area contributed by atoms with Crippen LogP contribution in [0.1, 0.15) is 25.0 Å². The fourth-order valence-corrected chi connectivity index (χ4v) is 8.80. The molecule has 48 heavy (non-hydrogen) atoms. The molecular formula is C44H29N3S. The van der Waals surface area contributed by atoms with Gasteiger partial charge in [0.25, 0.3) is 0 Å². The highest BCUT2D eigenvalue weighted by Crippen LogP contribution is 2.49. The third-order valence-electron chi connectivity index (χ3n) is 10.1. The Balaban J connectivity index is 1.23. The summed E-state index contributed by atoms with van der Waals surface area (Å²) in [5.74, 6) is 2.03. The van der Waals surface area contributed by atoms with E-state index in [2.05, 4.69) is 153 Å². The van der Waals surface area contributed by atoms with Crippen LogP contribution < -0.4 is 0 Å². The van der Waals surface area contributed by atoms with E-state index in [0.29, 0.717) is 17.5 Å². The number of thiophene rings is 1. The molecule has 0 fully saturated rings. The summed E-state index contributed by atoms with van der Waals surface area (Å²) < 4.78 is 2.54. The standard InChI is InChI=1S/C44H29N3S/c1-44(2)36-16-7-5-13-31(36)32-22-20-29(25-37(32)44)42-45-41(28-21-23-39-35(24-28)33-14-6-8-17-38(33)48-39)46-43(47-42)34-15-9-11-27-19-18-26-10-3-4-12-30(26)40(27)34/h3-25H,1-2H3. The van der Waals surface area contributed by atoms with Crippen molar-refractivity contribution in [1.29, 1.82) is 0 Å². The first-order valence-electron chi connectivity index (χ1n) is 16.4. The van der Waals surface area contributed by atoms with Crippen LogP contribution in [0.2, 0.25) is 0 Å². The third kappa shape index (κ3) is 4.03. The smallest absolute Gasteiger partial charge is 0.164 e. The van der Waals surface area contributed by atoms with Crippen LogP contribution in [0.25, 0.3) is 87.0 Å². The van der Waals surface area contributed by atoms with E-state index in [1.54, 1.807) is 0 Å². The summed E-state index contributed by atoms with van der Waals surface area (Å²) in [6, 6.07) is 50.1. The van der Waals surface area contributed by atoms with Gasteiger partial charge in [-0.15, -0.1) is 11.3 Å². The van der Waals surface area contributed by atoms with Crippen molar-refractivity contribution in [3.63, 3.8) is 0 Å². The van der Waals surface area contributed by atoms with Gasteiger partial charge in [0.05, 0.1) is 0 Å². The molecule has 0 spiro atoms. The Kier molecular flexibility index (Phi) is 5.79. The number of rotatable bonds is 3. The van der Waals surface area contributed by atoms with Crippen molar-refractivity contribution in [2.45, 2.75) is 19.3 Å². The van der Waals surface area contributed by atoms with Gasteiger partial charge in [0.1, 0.15) is 0 Å². The van der Waals surface area contributed by atoms with Crippen LogP contribution in [0.3, 0.4) is 0 Å². The van der Waals surface area contributed by atoms with Gasteiger partial charge in [-0.2, -0.15) is 0 Å². The third-order valence-corrected chi connectivity index (χ3v) is 11.3. The van der Waals surface area contributed by atoms with Crippen molar-refractivity contribution >= 4 is 53.1 Å². The highest BCUT2D eigenvalue weighted by molar-refractivity contribution is 7.25. The summed E-state index contributed by atoms with van der Waals surface area (Å²) in [6.45, 7) is 4.63. The maximum Gasteiger partial charge on any atom is 0.164 e. The number of fused-ring (bicyclic) bond motifs is 9. The molecule has 0 bridgehead atoms. The molecule has 0 atom stereocenters. The summed E-state index contributed by atoms with van der Waals surface area (Å²) in [4.78, 5) is 15.7. The van der Waals surface area contributed by atoms with Gasteiger partial charge in [-0.05, 0) is 68.7 Å². The Bertz CT molecular complexity index is 2770. The van der Waals surface area contributed by atoms with Gasteiger partial charge in [0, 0.05) is 47.7 Å². The zero-order chi connectivity index (χ0) is 32.0. The molecular weight excluding hydrogens is 603 g/mol. The molecule has 2 heterocycles. The van der Waals surface area contributed by atoms with Gasteiger partial charge in [-0.3, -0.25) is 0 Å². The van der Waals surface area contributed by atoms with Gasteiger partial charge < -0.3 is 0 Å². The summed E-state index contributed by atoms with van der Waals surface area (Å²) >= 11 is 1.82. The van der Waals surface area contributed by atoms with Crippen LogP contribution in [0.4, 0.5) is 0 Å². The Morgan fingerprint density at radius 2 is 1.06 bits per heavy atom. The minimum Gasteiger partial charge on any atom is -0.208 e. The van der Waals surface area contributed by atoms with E-state index in [9.17, 15) is 0 Å². The predicted molar refractivity (Wildman–Crippen MR) is 202 cm³/mol. The molecule has 1 aliphatic carbocycles. The first kappa shape index (κ1) is 27.4. The predicted octanol–water partition coefficient (Wildman–Crippen LogP) is 11.9. The Labute approximate surface area is 282 Å². The van der Waals surface area contributed by atoms with E-state index in [1.807, 2.05) is 11.3 Å². The summed E-state index contributed by atoms with van der Waals surface area (Å²) in [6.07, 6.45) is 0. The Hall–Kier alpha value is -5.71. The average Bonchev–Trinajstić information content (AvgIpc) is 3.62. The second-order valence-corrected chi connectivity index (χ2v) is 14.3. The molecule has 10 rings (SSSR count). The number of aromatic nitrogens is 3. The van der Waals surface area contributed by atoms with E-state index in [0.717, 1.165) is 27.5 Å². The normalized spacial score (nSPS) is 13.4. The maximum absolute atomic E-state index is 5.26. The van der Waals surface area contributed by atoms with Gasteiger partial charge in [-0.1, -0.05) is 123 Å². The molecule has 9 aromatic rings. The van der Waals surface area contributed by atoms with E-state index in [4.69, 9.17) is 15.0 Å². The molecule has 0 radical (unpaired) electrons. The highest BCUT2D eigenvalue weighted by Gasteiger charge is 2.35. The topological polar surface area (TPSA) is 38.7 Å². The quantitative estimate of drug-likeness (QED) is 0.182. The molecule has 0 saturated heterocycles. The zero-order valence-corrected chi connectivity index (χ0v) is 27.3. The van der Waals surface area contributed by atoms with E-state index < -0.39 is 0 Å². The minimum atomic E-state index is -0.125. The van der Waals surface area contributed by atoms with Crippen molar-refractivity contribution < 1.29 is 0 Å². The summed E-state index contributed by atoms with van der Waals surface area (Å²) in [5.41, 5.74) is 8.09. The van der Waals surface area contributed by atoms with Crippen LogP contribution in [0, 0.1) is 0 Å². The second kappa shape index (κ2) is 10.1. The van der Waals surface area contributed by atoms with Crippen LogP contribution in [0.15, 0.2) is 140 Å². The molecule has 226 valence electrons. The van der Waals surface area contributed by atoms with Crippen LogP contribution in [0.5, 0.6) is 0 Å². The van der Waals surface area contributed by atoms with Crippen molar-refractivity contribution in [3.8, 4) is 45.3 Å². The van der Waals surface area contributed by atoms with E-state index in [1.165, 1.54) is 53.2 Å². The molecule has 1 aliphatic rings. The fourth-order valence-electron chi connectivity index (χ4n) is 7.71. The molecule has 2 aromatic heterocycles. The Morgan fingerprint density at radius 1 is 0.438 bits per heavy atom. The number of nitrogens with zero attached hydrogens (tertiary/aromatic N) is 3.